The molecule has 0 aliphatic carbocycles. The molecule has 0 radical (unpaired) electrons. The third-order valence-electron chi connectivity index (χ3n) is 5.90. The number of phenolic OH excluding ortho intramolecular Hbond substituents is 1. The van der Waals surface area contributed by atoms with Gasteiger partial charge in [0, 0.05) is 44.5 Å². The van der Waals surface area contributed by atoms with Crippen molar-refractivity contribution < 1.29 is 27.1 Å². The third kappa shape index (κ3) is 4.11. The van der Waals surface area contributed by atoms with Crippen LogP contribution >= 0.6 is 10.7 Å². The smallest absolute Gasteiger partial charge is 0.419 e. The molecule has 13 heteroatoms. The van der Waals surface area contributed by atoms with Crippen molar-refractivity contribution >= 4 is 33.0 Å². The largest absolute Gasteiger partial charge is 0.503 e. The van der Waals surface area contributed by atoms with E-state index in [0.717, 1.165) is 13.1 Å². The molecule has 1 aromatic carbocycles. The lowest BCUT2D eigenvalue weighted by Gasteiger charge is -2.40. The van der Waals surface area contributed by atoms with E-state index in [4.69, 9.17) is 0 Å². The van der Waals surface area contributed by atoms with Gasteiger partial charge in [-0.1, -0.05) is 5.37 Å². The quantitative estimate of drug-likeness (QED) is 0.428. The molecule has 4 rings (SSSR count). The first-order valence-corrected chi connectivity index (χ1v) is 12.0. The average molecular weight is 503 g/mol. The average Bonchev–Trinajstić information content (AvgIpc) is 3.11. The number of anilines is 1. The Kier molecular flexibility index (Phi) is 6.27. The Hall–Kier alpha value is -2.80. The molecule has 1 aliphatic heterocycles. The van der Waals surface area contributed by atoms with Crippen LogP contribution < -0.4 is 4.90 Å². The fraction of sp³-hybridized carbons (Fsp3) is 0.429. The van der Waals surface area contributed by atoms with E-state index in [1.807, 2.05) is 11.8 Å². The standard InChI is InChI=1S/C21H23F5N6OS/c1-5-34(4)31-6-7-32(11(2)10-31)20-27-9-13-17(29-30(3)19(13)28-20)12-8-14(21(24,25)26)16(23)18(33)15(12)22/h5,8-9,11,33H,6-7,10H2,1-4H3/t11-,34?/m1/s1. The van der Waals surface area contributed by atoms with Crippen molar-refractivity contribution in [3.63, 3.8) is 0 Å². The minimum atomic E-state index is -5.13. The van der Waals surface area contributed by atoms with Gasteiger partial charge in [0.05, 0.1) is 10.9 Å². The normalized spacial score (nSPS) is 18.7. The summed E-state index contributed by atoms with van der Waals surface area (Å²) in [5.74, 6) is -4.91. The van der Waals surface area contributed by atoms with Crippen molar-refractivity contribution in [2.75, 3.05) is 30.8 Å². The van der Waals surface area contributed by atoms with Crippen molar-refractivity contribution in [3.05, 3.63) is 29.5 Å². The molecule has 1 fully saturated rings. The van der Waals surface area contributed by atoms with Crippen LogP contribution in [0.3, 0.4) is 0 Å². The topological polar surface area (TPSA) is 70.3 Å². The number of benzene rings is 1. The Morgan fingerprint density at radius 3 is 2.53 bits per heavy atom. The highest BCUT2D eigenvalue weighted by Crippen LogP contribution is 2.41. The Morgan fingerprint density at radius 2 is 1.91 bits per heavy atom. The van der Waals surface area contributed by atoms with Gasteiger partial charge < -0.3 is 10.0 Å². The lowest BCUT2D eigenvalue weighted by Crippen LogP contribution is -2.50. The third-order valence-corrected chi connectivity index (χ3v) is 7.73. The SMILES string of the molecule is C/C=S(\C)N1CCN(c2ncc3c(-c4cc(C(F)(F)F)c(F)c(O)c4F)nn(C)c3n2)[C@H](C)C1. The summed E-state index contributed by atoms with van der Waals surface area (Å²) in [6.45, 7) is 6.38. The number of aromatic nitrogens is 4. The monoisotopic (exact) mass is 502 g/mol. The van der Waals surface area contributed by atoms with Crippen molar-refractivity contribution in [2.24, 2.45) is 7.05 Å². The molecule has 0 saturated carbocycles. The van der Waals surface area contributed by atoms with Crippen LogP contribution in [0.2, 0.25) is 0 Å². The molecule has 1 saturated heterocycles. The van der Waals surface area contributed by atoms with Crippen LogP contribution in [0.15, 0.2) is 12.3 Å². The maximum atomic E-state index is 14.6. The number of hydrogen-bond donors (Lipinski definition) is 1. The van der Waals surface area contributed by atoms with Gasteiger partial charge in [0.1, 0.15) is 5.69 Å². The molecule has 0 amide bonds. The molecule has 2 atom stereocenters. The molecular weight excluding hydrogens is 479 g/mol. The second kappa shape index (κ2) is 8.77. The van der Waals surface area contributed by atoms with E-state index in [1.54, 1.807) is 0 Å². The van der Waals surface area contributed by atoms with E-state index in [2.05, 4.69) is 37.9 Å². The molecular formula is C21H23F5N6OS. The summed E-state index contributed by atoms with van der Waals surface area (Å²) in [5, 5.41) is 16.1. The van der Waals surface area contributed by atoms with Gasteiger partial charge in [0.2, 0.25) is 5.95 Å². The Balaban J connectivity index is 1.76. The van der Waals surface area contributed by atoms with Gasteiger partial charge in [-0.05, 0) is 26.2 Å². The summed E-state index contributed by atoms with van der Waals surface area (Å²) < 4.78 is 71.9. The molecule has 0 bridgehead atoms. The van der Waals surface area contributed by atoms with Gasteiger partial charge in [-0.3, -0.25) is 4.31 Å². The summed E-state index contributed by atoms with van der Waals surface area (Å²) in [6.07, 6.45) is -1.63. The molecule has 2 aromatic heterocycles. The molecule has 1 aliphatic rings. The summed E-state index contributed by atoms with van der Waals surface area (Å²) in [4.78, 5) is 10.9. The van der Waals surface area contributed by atoms with Crippen LogP contribution in [0, 0.1) is 11.6 Å². The number of piperazine rings is 1. The van der Waals surface area contributed by atoms with E-state index < -0.39 is 34.7 Å². The molecule has 34 heavy (non-hydrogen) atoms. The Bertz CT molecular complexity index is 1290. The molecule has 1 unspecified atom stereocenters. The second-order valence-electron chi connectivity index (χ2n) is 8.02. The molecule has 184 valence electrons. The number of nitrogens with zero attached hydrogens (tertiary/aromatic N) is 6. The first kappa shape index (κ1) is 24.3. The van der Waals surface area contributed by atoms with Gasteiger partial charge in [-0.2, -0.15) is 23.3 Å². The van der Waals surface area contributed by atoms with E-state index in [9.17, 15) is 27.1 Å². The highest BCUT2D eigenvalue weighted by atomic mass is 32.2. The zero-order valence-electron chi connectivity index (χ0n) is 18.9. The first-order chi connectivity index (χ1) is 15.9. The fourth-order valence-electron chi connectivity index (χ4n) is 4.00. The molecule has 1 N–H and O–H groups in total. The van der Waals surface area contributed by atoms with E-state index >= 15 is 0 Å². The zero-order chi connectivity index (χ0) is 24.9. The van der Waals surface area contributed by atoms with Crippen molar-refractivity contribution in [3.8, 4) is 17.0 Å². The maximum absolute atomic E-state index is 14.6. The highest BCUT2D eigenvalue weighted by Gasteiger charge is 2.38. The van der Waals surface area contributed by atoms with Crippen LogP contribution in [0.25, 0.3) is 22.3 Å². The summed E-state index contributed by atoms with van der Waals surface area (Å²) in [7, 11) is 1.56. The summed E-state index contributed by atoms with van der Waals surface area (Å²) in [6, 6.07) is 0.406. The Morgan fingerprint density at radius 1 is 1.21 bits per heavy atom. The number of phenols is 1. The molecule has 3 heterocycles. The predicted octanol–water partition coefficient (Wildman–Crippen LogP) is 4.18. The minimum absolute atomic E-state index is 0.0503. The lowest BCUT2D eigenvalue weighted by atomic mass is 10.0. The molecule has 7 nitrogen and oxygen atoms in total. The minimum Gasteiger partial charge on any atom is -0.503 e. The number of fused-ring (bicyclic) bond motifs is 1. The lowest BCUT2D eigenvalue weighted by molar-refractivity contribution is -0.140. The van der Waals surface area contributed by atoms with Crippen LogP contribution in [0.1, 0.15) is 19.4 Å². The van der Waals surface area contributed by atoms with Crippen molar-refractivity contribution in [2.45, 2.75) is 26.1 Å². The number of aryl methyl sites for hydroxylation is 1. The molecule has 3 aromatic rings. The van der Waals surface area contributed by atoms with E-state index in [0.29, 0.717) is 18.6 Å². The van der Waals surface area contributed by atoms with Gasteiger partial charge in [0.25, 0.3) is 0 Å². The van der Waals surface area contributed by atoms with Crippen molar-refractivity contribution in [1.29, 1.82) is 0 Å². The van der Waals surface area contributed by atoms with Crippen LogP contribution in [0.4, 0.5) is 27.9 Å². The van der Waals surface area contributed by atoms with Gasteiger partial charge in [-0.25, -0.2) is 18.4 Å². The van der Waals surface area contributed by atoms with Crippen LogP contribution in [-0.2, 0) is 13.2 Å². The second-order valence-corrected chi connectivity index (χ2v) is 10.1. The zero-order valence-corrected chi connectivity index (χ0v) is 19.7. The fourth-order valence-corrected chi connectivity index (χ4v) is 5.12. The van der Waals surface area contributed by atoms with Crippen molar-refractivity contribution in [1.82, 2.24) is 24.1 Å². The molecule has 0 spiro atoms. The van der Waals surface area contributed by atoms with Gasteiger partial charge in [0.15, 0.2) is 23.0 Å². The first-order valence-electron chi connectivity index (χ1n) is 10.4. The van der Waals surface area contributed by atoms with Gasteiger partial charge >= 0.3 is 6.18 Å². The highest BCUT2D eigenvalue weighted by molar-refractivity contribution is 8.12. The Labute approximate surface area is 194 Å². The van der Waals surface area contributed by atoms with E-state index in [1.165, 1.54) is 17.9 Å². The van der Waals surface area contributed by atoms with Crippen LogP contribution in [-0.4, -0.2) is 66.5 Å². The van der Waals surface area contributed by atoms with Gasteiger partial charge in [-0.15, -0.1) is 10.7 Å². The van der Waals surface area contributed by atoms with Crippen LogP contribution in [0.5, 0.6) is 5.75 Å². The number of rotatable bonds is 3. The number of aromatic hydroxyl groups is 1. The number of hydrogen-bond acceptors (Lipinski definition) is 6. The number of alkyl halides is 3. The summed E-state index contributed by atoms with van der Waals surface area (Å²) in [5.41, 5.74) is -2.44. The predicted molar refractivity (Wildman–Crippen MR) is 122 cm³/mol. The summed E-state index contributed by atoms with van der Waals surface area (Å²) >= 11 is 0. The number of halogens is 5. The maximum Gasteiger partial charge on any atom is 0.419 e. The van der Waals surface area contributed by atoms with E-state index in [-0.39, 0.29) is 33.4 Å².